The molecule has 1 aromatic heterocycles. The largest absolute Gasteiger partial charge is 0.459 e. The summed E-state index contributed by atoms with van der Waals surface area (Å²) in [5.74, 6) is -7.20. The van der Waals surface area contributed by atoms with Crippen LogP contribution in [0.25, 0.3) is 0 Å². The summed E-state index contributed by atoms with van der Waals surface area (Å²) < 4.78 is 74.8. The van der Waals surface area contributed by atoms with E-state index in [-0.39, 0.29) is 17.6 Å². The molecule has 0 N–H and O–H groups in total. The van der Waals surface area contributed by atoms with Crippen molar-refractivity contribution in [1.82, 2.24) is 15.0 Å². The van der Waals surface area contributed by atoms with Crippen LogP contribution < -0.4 is 0 Å². The van der Waals surface area contributed by atoms with E-state index in [1.54, 1.807) is 0 Å². The predicted octanol–water partition coefficient (Wildman–Crippen LogP) is 2.48. The minimum absolute atomic E-state index is 0.225. The molecule has 1 aromatic rings. The Hall–Kier alpha value is -1.28. The lowest BCUT2D eigenvalue weighted by Crippen LogP contribution is -2.36. The van der Waals surface area contributed by atoms with Crippen LogP contribution in [-0.2, 0) is 12.5 Å². The van der Waals surface area contributed by atoms with Gasteiger partial charge in [0.25, 0.3) is 5.95 Å². The molecule has 0 saturated carbocycles. The Morgan fingerprint density at radius 3 is 2.19 bits per heavy atom. The summed E-state index contributed by atoms with van der Waals surface area (Å²) in [7, 11) is 0. The number of aromatic nitrogens is 3. The Morgan fingerprint density at radius 2 is 1.75 bits per heavy atom. The molecule has 0 aliphatic heterocycles. The summed E-state index contributed by atoms with van der Waals surface area (Å²) in [6.45, 7) is 1.26. The lowest BCUT2D eigenvalue weighted by molar-refractivity contribution is -0.293. The van der Waals surface area contributed by atoms with E-state index in [0.717, 1.165) is 0 Å². The molecule has 0 aliphatic carbocycles. The molecule has 16 heavy (non-hydrogen) atoms. The Morgan fingerprint density at radius 1 is 1.19 bits per heavy atom. The maximum Gasteiger partial charge on any atom is 0.459 e. The van der Waals surface area contributed by atoms with E-state index in [0.29, 0.717) is 0 Å². The summed E-state index contributed by atoms with van der Waals surface area (Å²) in [6.07, 6.45) is -5.65. The second-order valence-electron chi connectivity index (χ2n) is 3.02. The highest BCUT2D eigenvalue weighted by Crippen LogP contribution is 2.44. The minimum Gasteiger partial charge on any atom is -0.240 e. The highest BCUT2D eigenvalue weighted by molar-refractivity contribution is 5.09. The Balaban J connectivity index is 3.25. The first-order chi connectivity index (χ1) is 7.21. The van der Waals surface area contributed by atoms with E-state index in [2.05, 4.69) is 10.3 Å². The zero-order valence-corrected chi connectivity index (χ0v) is 8.02. The number of hydrogen-bond acceptors (Lipinski definition) is 2. The van der Waals surface area contributed by atoms with Gasteiger partial charge in [-0.15, -0.1) is 0 Å². The number of aryl methyl sites for hydroxylation is 1. The van der Waals surface area contributed by atoms with Gasteiger partial charge in [0.05, 0.1) is 0 Å². The van der Waals surface area contributed by atoms with Gasteiger partial charge in [-0.25, -0.2) is 4.68 Å². The van der Waals surface area contributed by atoms with Gasteiger partial charge in [-0.05, 0) is 6.42 Å². The van der Waals surface area contributed by atoms with Crippen molar-refractivity contribution >= 4 is 0 Å². The number of halogens is 6. The van der Waals surface area contributed by atoms with E-state index in [1.807, 2.05) is 0 Å². The SMILES string of the molecule is CCCn1nnc(F)c1C(F)(F)C(F)(F)F. The van der Waals surface area contributed by atoms with Crippen LogP contribution >= 0.6 is 0 Å². The minimum atomic E-state index is -5.87. The zero-order valence-electron chi connectivity index (χ0n) is 8.02. The summed E-state index contributed by atoms with van der Waals surface area (Å²) in [4.78, 5) is 0. The van der Waals surface area contributed by atoms with Gasteiger partial charge in [-0.2, -0.15) is 26.3 Å². The van der Waals surface area contributed by atoms with Crippen molar-refractivity contribution in [3.63, 3.8) is 0 Å². The average Bonchev–Trinajstić information content (AvgIpc) is 2.46. The molecule has 3 nitrogen and oxygen atoms in total. The maximum absolute atomic E-state index is 12.9. The van der Waals surface area contributed by atoms with Crippen molar-refractivity contribution in [3.05, 3.63) is 11.6 Å². The molecule has 0 saturated heterocycles. The van der Waals surface area contributed by atoms with Gasteiger partial charge < -0.3 is 0 Å². The molecule has 0 spiro atoms. The van der Waals surface area contributed by atoms with Crippen LogP contribution in [0.2, 0.25) is 0 Å². The fraction of sp³-hybridized carbons (Fsp3) is 0.714. The highest BCUT2D eigenvalue weighted by Gasteiger charge is 2.62. The van der Waals surface area contributed by atoms with Crippen molar-refractivity contribution in [2.45, 2.75) is 32.0 Å². The van der Waals surface area contributed by atoms with Crippen molar-refractivity contribution < 1.29 is 26.3 Å². The third kappa shape index (κ3) is 1.98. The standard InChI is InChI=1S/C7H7F6N3/c1-2-3-16-4(5(8)14-15-16)6(9,10)7(11,12)13/h2-3H2,1H3. The number of hydrogen-bond donors (Lipinski definition) is 0. The molecular weight excluding hydrogens is 240 g/mol. The number of alkyl halides is 5. The fourth-order valence-corrected chi connectivity index (χ4v) is 1.09. The third-order valence-electron chi connectivity index (χ3n) is 1.78. The van der Waals surface area contributed by atoms with Gasteiger partial charge in [0, 0.05) is 6.54 Å². The normalized spacial score (nSPS) is 13.2. The monoisotopic (exact) mass is 247 g/mol. The van der Waals surface area contributed by atoms with Gasteiger partial charge in [0.2, 0.25) is 0 Å². The second-order valence-corrected chi connectivity index (χ2v) is 3.02. The van der Waals surface area contributed by atoms with Crippen LogP contribution in [0, 0.1) is 5.95 Å². The summed E-state index contributed by atoms with van der Waals surface area (Å²) >= 11 is 0. The van der Waals surface area contributed by atoms with E-state index < -0.39 is 23.7 Å². The molecule has 0 fully saturated rings. The van der Waals surface area contributed by atoms with E-state index >= 15 is 0 Å². The van der Waals surface area contributed by atoms with Gasteiger partial charge in [-0.1, -0.05) is 17.2 Å². The summed E-state index contributed by atoms with van der Waals surface area (Å²) in [5.41, 5.74) is -1.85. The molecular formula is C7H7F6N3. The molecule has 0 bridgehead atoms. The highest BCUT2D eigenvalue weighted by atomic mass is 19.4. The van der Waals surface area contributed by atoms with E-state index in [9.17, 15) is 26.3 Å². The van der Waals surface area contributed by atoms with E-state index in [4.69, 9.17) is 0 Å². The Kier molecular flexibility index (Phi) is 3.15. The molecule has 1 rings (SSSR count). The number of nitrogens with zero attached hydrogens (tertiary/aromatic N) is 3. The van der Waals surface area contributed by atoms with Gasteiger partial charge in [0.1, 0.15) is 0 Å². The van der Waals surface area contributed by atoms with Crippen molar-refractivity contribution in [1.29, 1.82) is 0 Å². The quantitative estimate of drug-likeness (QED) is 0.768. The molecule has 0 aliphatic rings. The molecule has 0 aromatic carbocycles. The van der Waals surface area contributed by atoms with Crippen molar-refractivity contribution in [2.24, 2.45) is 0 Å². The molecule has 9 heteroatoms. The molecule has 1 heterocycles. The van der Waals surface area contributed by atoms with Crippen LogP contribution in [0.3, 0.4) is 0 Å². The first-order valence-electron chi connectivity index (χ1n) is 4.25. The lowest BCUT2D eigenvalue weighted by Gasteiger charge is -2.19. The Labute approximate surface area is 86.0 Å². The third-order valence-corrected chi connectivity index (χ3v) is 1.78. The lowest BCUT2D eigenvalue weighted by atomic mass is 10.2. The zero-order chi connectivity index (χ0) is 12.6. The topological polar surface area (TPSA) is 30.7 Å². The first kappa shape index (κ1) is 12.8. The maximum atomic E-state index is 12.9. The van der Waals surface area contributed by atoms with Crippen LogP contribution in [0.5, 0.6) is 0 Å². The van der Waals surface area contributed by atoms with Crippen LogP contribution in [-0.4, -0.2) is 21.2 Å². The summed E-state index contributed by atoms with van der Waals surface area (Å²) in [6, 6.07) is 0. The van der Waals surface area contributed by atoms with Crippen LogP contribution in [0.15, 0.2) is 0 Å². The van der Waals surface area contributed by atoms with E-state index in [1.165, 1.54) is 6.92 Å². The molecule has 0 unspecified atom stereocenters. The van der Waals surface area contributed by atoms with Crippen molar-refractivity contribution in [2.75, 3.05) is 0 Å². The van der Waals surface area contributed by atoms with Gasteiger partial charge >= 0.3 is 12.1 Å². The molecule has 0 atom stereocenters. The Bertz CT molecular complexity index is 369. The van der Waals surface area contributed by atoms with Crippen LogP contribution in [0.4, 0.5) is 26.3 Å². The van der Waals surface area contributed by atoms with Crippen molar-refractivity contribution in [3.8, 4) is 0 Å². The van der Waals surface area contributed by atoms with Gasteiger partial charge in [-0.3, -0.25) is 0 Å². The fourth-order valence-electron chi connectivity index (χ4n) is 1.09. The molecule has 0 amide bonds. The smallest absolute Gasteiger partial charge is 0.240 e. The predicted molar refractivity (Wildman–Crippen MR) is 40.2 cm³/mol. The molecule has 0 radical (unpaired) electrons. The number of rotatable bonds is 3. The second kappa shape index (κ2) is 3.95. The average molecular weight is 247 g/mol. The van der Waals surface area contributed by atoms with Gasteiger partial charge in [0.15, 0.2) is 5.69 Å². The first-order valence-corrected chi connectivity index (χ1v) is 4.25. The molecule has 92 valence electrons. The van der Waals surface area contributed by atoms with Crippen LogP contribution in [0.1, 0.15) is 19.0 Å². The summed E-state index contributed by atoms with van der Waals surface area (Å²) in [5, 5.41) is 5.48.